The highest BCUT2D eigenvalue weighted by atomic mass is 32.1. The van der Waals surface area contributed by atoms with Gasteiger partial charge in [-0.3, -0.25) is 14.6 Å². The van der Waals surface area contributed by atoms with Crippen molar-refractivity contribution in [1.29, 1.82) is 0 Å². The minimum absolute atomic E-state index is 0.178. The number of esters is 1. The Balaban J connectivity index is 2.31. The van der Waals surface area contributed by atoms with E-state index in [-0.39, 0.29) is 16.2 Å². The van der Waals surface area contributed by atoms with Crippen LogP contribution in [0.3, 0.4) is 0 Å². The van der Waals surface area contributed by atoms with Gasteiger partial charge < -0.3 is 15.0 Å². The summed E-state index contributed by atoms with van der Waals surface area (Å²) >= 11 is 4.93. The molecule has 0 bridgehead atoms. The van der Waals surface area contributed by atoms with Gasteiger partial charge in [-0.2, -0.15) is 0 Å². The lowest BCUT2D eigenvalue weighted by molar-refractivity contribution is -0.143. The van der Waals surface area contributed by atoms with Crippen LogP contribution in [-0.2, 0) is 9.53 Å². The van der Waals surface area contributed by atoms with Crippen LogP contribution in [0.2, 0.25) is 0 Å². The average molecular weight is 349 g/mol. The first-order valence-corrected chi connectivity index (χ1v) is 7.87. The Labute approximate surface area is 143 Å². The molecule has 2 rings (SSSR count). The van der Waals surface area contributed by atoms with E-state index in [1.807, 2.05) is 13.8 Å². The average Bonchev–Trinajstić information content (AvgIpc) is 2.52. The molecule has 7 nitrogen and oxygen atoms in total. The molecule has 0 saturated carbocycles. The van der Waals surface area contributed by atoms with Crippen LogP contribution in [0.25, 0.3) is 10.9 Å². The lowest BCUT2D eigenvalue weighted by Gasteiger charge is -2.18. The van der Waals surface area contributed by atoms with Crippen LogP contribution in [-0.4, -0.2) is 35.0 Å². The third-order valence-electron chi connectivity index (χ3n) is 3.50. The zero-order valence-corrected chi connectivity index (χ0v) is 14.5. The fourth-order valence-corrected chi connectivity index (χ4v) is 2.58. The normalized spacial score (nSPS) is 12.2. The van der Waals surface area contributed by atoms with E-state index in [1.165, 1.54) is 25.3 Å². The second kappa shape index (κ2) is 7.39. The summed E-state index contributed by atoms with van der Waals surface area (Å²) in [7, 11) is 1.28. The molecular weight excluding hydrogens is 330 g/mol. The first kappa shape index (κ1) is 17.9. The van der Waals surface area contributed by atoms with Crippen molar-refractivity contribution in [3.05, 3.63) is 38.9 Å². The van der Waals surface area contributed by atoms with Crippen molar-refractivity contribution in [1.82, 2.24) is 15.3 Å². The van der Waals surface area contributed by atoms with Crippen LogP contribution in [0.1, 0.15) is 30.6 Å². The highest BCUT2D eigenvalue weighted by Gasteiger charge is 2.23. The Hall–Kier alpha value is -2.48. The van der Waals surface area contributed by atoms with Gasteiger partial charge in [0.2, 0.25) is 0 Å². The number of H-pyrrole nitrogens is 2. The van der Waals surface area contributed by atoms with Crippen LogP contribution in [0, 0.1) is 10.7 Å². The van der Waals surface area contributed by atoms with Gasteiger partial charge in [0.1, 0.15) is 6.04 Å². The predicted molar refractivity (Wildman–Crippen MR) is 92.5 cm³/mol. The topological polar surface area (TPSA) is 104 Å². The maximum Gasteiger partial charge on any atom is 0.328 e. The third kappa shape index (κ3) is 4.08. The molecule has 0 aliphatic rings. The molecule has 0 saturated heterocycles. The van der Waals surface area contributed by atoms with E-state index >= 15 is 0 Å². The lowest BCUT2D eigenvalue weighted by atomic mass is 10.0. The standard InChI is InChI=1S/C16H19N3O4S/c1-8(2)6-12(15(22)23-3)17-13(20)9-4-5-10-11(7-9)18-16(24)19-14(10)21/h4-5,7-8,12H,6H2,1-3H3,(H,17,20)(H2,18,19,21,24)/t12-/m1/s1. The van der Waals surface area contributed by atoms with Gasteiger partial charge >= 0.3 is 5.97 Å². The summed E-state index contributed by atoms with van der Waals surface area (Å²) in [6.07, 6.45) is 0.466. The molecule has 0 unspecified atom stereocenters. The Morgan fingerprint density at radius 2 is 2.00 bits per heavy atom. The van der Waals surface area contributed by atoms with Crippen LogP contribution in [0.5, 0.6) is 0 Å². The van der Waals surface area contributed by atoms with Crippen LogP contribution >= 0.6 is 12.2 Å². The van der Waals surface area contributed by atoms with Crippen molar-refractivity contribution in [2.45, 2.75) is 26.3 Å². The molecule has 1 atom stereocenters. The minimum atomic E-state index is -0.726. The maximum absolute atomic E-state index is 12.4. The van der Waals surface area contributed by atoms with E-state index in [9.17, 15) is 14.4 Å². The van der Waals surface area contributed by atoms with Gasteiger partial charge in [0.25, 0.3) is 11.5 Å². The van der Waals surface area contributed by atoms with Crippen molar-refractivity contribution in [3.8, 4) is 0 Å². The van der Waals surface area contributed by atoms with E-state index in [0.29, 0.717) is 22.9 Å². The summed E-state index contributed by atoms with van der Waals surface area (Å²) < 4.78 is 4.91. The zero-order chi connectivity index (χ0) is 17.9. The molecule has 1 amide bonds. The van der Waals surface area contributed by atoms with Crippen molar-refractivity contribution >= 4 is 35.0 Å². The summed E-state index contributed by atoms with van der Waals surface area (Å²) in [5, 5.41) is 3.07. The fraction of sp³-hybridized carbons (Fsp3) is 0.375. The number of methoxy groups -OCH3 is 1. The molecule has 8 heteroatoms. The first-order chi connectivity index (χ1) is 11.3. The lowest BCUT2D eigenvalue weighted by Crippen LogP contribution is -2.42. The van der Waals surface area contributed by atoms with E-state index in [0.717, 1.165) is 0 Å². The zero-order valence-electron chi connectivity index (χ0n) is 13.6. The summed E-state index contributed by atoms with van der Waals surface area (Å²) in [5.41, 5.74) is 0.444. The van der Waals surface area contributed by atoms with E-state index in [4.69, 9.17) is 17.0 Å². The Bertz CT molecular complexity index is 885. The molecule has 3 N–H and O–H groups in total. The number of ether oxygens (including phenoxy) is 1. The van der Waals surface area contributed by atoms with Gasteiger partial charge in [0.05, 0.1) is 18.0 Å². The molecule has 2 aromatic rings. The second-order valence-electron chi connectivity index (χ2n) is 5.85. The van der Waals surface area contributed by atoms with Crippen LogP contribution in [0.15, 0.2) is 23.0 Å². The highest BCUT2D eigenvalue weighted by molar-refractivity contribution is 7.71. The third-order valence-corrected chi connectivity index (χ3v) is 3.70. The van der Waals surface area contributed by atoms with Crippen LogP contribution < -0.4 is 10.9 Å². The van der Waals surface area contributed by atoms with Crippen molar-refractivity contribution in [3.63, 3.8) is 0 Å². The van der Waals surface area contributed by atoms with Gasteiger partial charge in [-0.25, -0.2) is 4.79 Å². The number of aromatic nitrogens is 2. The number of amides is 1. The quantitative estimate of drug-likeness (QED) is 0.565. The maximum atomic E-state index is 12.4. The van der Waals surface area contributed by atoms with Crippen molar-refractivity contribution < 1.29 is 14.3 Å². The number of nitrogens with one attached hydrogen (secondary N) is 3. The molecule has 0 spiro atoms. The number of hydrogen-bond acceptors (Lipinski definition) is 5. The predicted octanol–water partition coefficient (Wildman–Crippen LogP) is 1.90. The summed E-state index contributed by atoms with van der Waals surface area (Å²) in [6, 6.07) is 3.85. The molecular formula is C16H19N3O4S. The van der Waals surface area contributed by atoms with Gasteiger partial charge in [-0.1, -0.05) is 13.8 Å². The molecule has 1 aromatic heterocycles. The number of carbonyl (C=O) groups excluding carboxylic acids is 2. The number of hydrogen-bond donors (Lipinski definition) is 3. The van der Waals surface area contributed by atoms with E-state index in [1.54, 1.807) is 0 Å². The van der Waals surface area contributed by atoms with E-state index in [2.05, 4.69) is 15.3 Å². The molecule has 1 aromatic carbocycles. The van der Waals surface area contributed by atoms with Gasteiger partial charge in [-0.05, 0) is 42.8 Å². The Kier molecular flexibility index (Phi) is 5.50. The first-order valence-electron chi connectivity index (χ1n) is 7.47. The Morgan fingerprint density at radius 1 is 1.29 bits per heavy atom. The summed E-state index contributed by atoms with van der Waals surface area (Å²) in [6.45, 7) is 3.90. The van der Waals surface area contributed by atoms with Gasteiger partial charge in [0, 0.05) is 5.56 Å². The Morgan fingerprint density at radius 3 is 2.62 bits per heavy atom. The number of benzene rings is 1. The number of rotatable bonds is 5. The number of fused-ring (bicyclic) bond motifs is 1. The van der Waals surface area contributed by atoms with Crippen LogP contribution in [0.4, 0.5) is 0 Å². The van der Waals surface area contributed by atoms with Gasteiger partial charge in [0.15, 0.2) is 4.77 Å². The summed E-state index contributed by atoms with van der Waals surface area (Å²) in [5.74, 6) is -0.707. The SMILES string of the molecule is COC(=O)[C@@H](CC(C)C)NC(=O)c1ccc2c(=O)[nH]c(=S)[nH]c2c1. The minimum Gasteiger partial charge on any atom is -0.467 e. The largest absolute Gasteiger partial charge is 0.467 e. The fourth-order valence-electron chi connectivity index (χ4n) is 2.38. The van der Waals surface area contributed by atoms with Crippen molar-refractivity contribution in [2.75, 3.05) is 7.11 Å². The highest BCUT2D eigenvalue weighted by Crippen LogP contribution is 2.12. The number of aromatic amines is 2. The van der Waals surface area contributed by atoms with Gasteiger partial charge in [-0.15, -0.1) is 0 Å². The molecule has 24 heavy (non-hydrogen) atoms. The second-order valence-corrected chi connectivity index (χ2v) is 6.26. The smallest absolute Gasteiger partial charge is 0.328 e. The molecule has 0 fully saturated rings. The molecule has 0 aliphatic carbocycles. The summed E-state index contributed by atoms with van der Waals surface area (Å²) in [4.78, 5) is 41.4. The van der Waals surface area contributed by atoms with Crippen molar-refractivity contribution in [2.24, 2.45) is 5.92 Å². The molecule has 128 valence electrons. The molecule has 0 radical (unpaired) electrons. The number of carbonyl (C=O) groups is 2. The molecule has 0 aliphatic heterocycles. The monoisotopic (exact) mass is 349 g/mol. The van der Waals surface area contributed by atoms with E-state index < -0.39 is 17.9 Å². The molecule has 1 heterocycles.